The molecule has 0 unspecified atom stereocenters. The van der Waals surface area contributed by atoms with Crippen LogP contribution in [-0.2, 0) is 10.0 Å². The lowest BCUT2D eigenvalue weighted by Crippen LogP contribution is -2.43. The Morgan fingerprint density at radius 3 is 2.24 bits per heavy atom. The molecule has 1 amide bonds. The average Bonchev–Trinajstić information content (AvgIpc) is 3.56. The molecule has 5 nitrogen and oxygen atoms in total. The summed E-state index contributed by atoms with van der Waals surface area (Å²) in [5.74, 6) is -0.0354. The molecule has 2 aromatic carbocycles. The predicted molar refractivity (Wildman–Crippen MR) is 114 cm³/mol. The van der Waals surface area contributed by atoms with Crippen LogP contribution >= 0.6 is 0 Å². The van der Waals surface area contributed by atoms with Crippen molar-refractivity contribution < 1.29 is 13.2 Å². The first-order valence-electron chi connectivity index (χ1n) is 10.5. The molecule has 4 rings (SSSR count). The molecule has 0 radical (unpaired) electrons. The maximum absolute atomic E-state index is 13.3. The molecular weight excluding hydrogens is 384 g/mol. The van der Waals surface area contributed by atoms with E-state index in [1.165, 1.54) is 18.6 Å². The highest BCUT2D eigenvalue weighted by atomic mass is 32.2. The molecule has 0 heterocycles. The lowest BCUT2D eigenvalue weighted by molar-refractivity contribution is 0.0613. The van der Waals surface area contributed by atoms with Gasteiger partial charge in [-0.1, -0.05) is 43.0 Å². The summed E-state index contributed by atoms with van der Waals surface area (Å²) in [5.41, 5.74) is 2.02. The zero-order chi connectivity index (χ0) is 20.4. The van der Waals surface area contributed by atoms with E-state index < -0.39 is 10.0 Å². The second-order valence-corrected chi connectivity index (χ2v) is 9.92. The summed E-state index contributed by atoms with van der Waals surface area (Å²) in [6.45, 7) is 1.95. The number of nitrogens with zero attached hydrogens (tertiary/aromatic N) is 1. The summed E-state index contributed by atoms with van der Waals surface area (Å²) in [6, 6.07) is 14.2. The van der Waals surface area contributed by atoms with Crippen molar-refractivity contribution in [3.8, 4) is 0 Å². The Bertz CT molecular complexity index is 975. The molecule has 29 heavy (non-hydrogen) atoms. The largest absolute Gasteiger partial charge is 0.333 e. The molecule has 2 aliphatic rings. The monoisotopic (exact) mass is 412 g/mol. The van der Waals surface area contributed by atoms with Crippen LogP contribution in [0, 0.1) is 6.92 Å². The number of hydrogen-bond acceptors (Lipinski definition) is 3. The lowest BCUT2D eigenvalue weighted by atomic mass is 9.93. The van der Waals surface area contributed by atoms with Gasteiger partial charge in [0.1, 0.15) is 0 Å². The van der Waals surface area contributed by atoms with Crippen molar-refractivity contribution in [2.75, 3.05) is 4.72 Å². The topological polar surface area (TPSA) is 66.5 Å². The molecular formula is C23H28N2O3S. The number of sulfonamides is 1. The van der Waals surface area contributed by atoms with Crippen LogP contribution in [0.5, 0.6) is 0 Å². The second-order valence-electron chi connectivity index (χ2n) is 8.23. The highest BCUT2D eigenvalue weighted by Gasteiger charge is 2.38. The highest BCUT2D eigenvalue weighted by Crippen LogP contribution is 2.35. The van der Waals surface area contributed by atoms with Gasteiger partial charge < -0.3 is 4.90 Å². The van der Waals surface area contributed by atoms with Crippen molar-refractivity contribution in [3.63, 3.8) is 0 Å². The summed E-state index contributed by atoms with van der Waals surface area (Å²) in [6.07, 6.45) is 7.77. The Balaban J connectivity index is 1.57. The summed E-state index contributed by atoms with van der Waals surface area (Å²) in [7, 11) is -3.76. The molecule has 0 saturated heterocycles. The second kappa shape index (κ2) is 8.19. The standard InChI is InChI=1S/C23H28N2O3S/c1-17-10-12-19(13-11-17)24-29(27,28)22-9-5-6-18(16-22)23(26)25(21-14-15-21)20-7-3-2-4-8-20/h5-6,9-13,16,20-21,24H,2-4,7-8,14-15H2,1H3. The fraction of sp³-hybridized carbons (Fsp3) is 0.435. The van der Waals surface area contributed by atoms with Crippen LogP contribution in [0.15, 0.2) is 53.4 Å². The molecule has 2 aliphatic carbocycles. The number of carbonyl (C=O) groups excluding carboxylic acids is 1. The Labute approximate surface area is 173 Å². The lowest BCUT2D eigenvalue weighted by Gasteiger charge is -2.34. The van der Waals surface area contributed by atoms with E-state index in [-0.39, 0.29) is 16.8 Å². The van der Waals surface area contributed by atoms with Gasteiger partial charge in [0.2, 0.25) is 0 Å². The predicted octanol–water partition coefficient (Wildman–Crippen LogP) is 4.73. The number of carbonyl (C=O) groups is 1. The molecule has 0 spiro atoms. The molecule has 0 bridgehead atoms. The maximum Gasteiger partial charge on any atom is 0.261 e. The van der Waals surface area contributed by atoms with Crippen LogP contribution in [0.25, 0.3) is 0 Å². The van der Waals surface area contributed by atoms with Crippen LogP contribution < -0.4 is 4.72 Å². The van der Waals surface area contributed by atoms with Gasteiger partial charge >= 0.3 is 0 Å². The van der Waals surface area contributed by atoms with Gasteiger partial charge in [-0.2, -0.15) is 0 Å². The first-order valence-corrected chi connectivity index (χ1v) is 11.9. The van der Waals surface area contributed by atoms with Crippen LogP contribution in [0.3, 0.4) is 0 Å². The molecule has 0 aliphatic heterocycles. The summed E-state index contributed by atoms with van der Waals surface area (Å²) in [5, 5.41) is 0. The molecule has 0 atom stereocenters. The van der Waals surface area contributed by atoms with E-state index in [9.17, 15) is 13.2 Å². The Morgan fingerprint density at radius 1 is 0.931 bits per heavy atom. The minimum atomic E-state index is -3.76. The quantitative estimate of drug-likeness (QED) is 0.746. The Morgan fingerprint density at radius 2 is 1.59 bits per heavy atom. The molecule has 1 N–H and O–H groups in total. The number of benzene rings is 2. The zero-order valence-corrected chi connectivity index (χ0v) is 17.6. The van der Waals surface area contributed by atoms with Crippen molar-refractivity contribution in [3.05, 3.63) is 59.7 Å². The van der Waals surface area contributed by atoms with E-state index in [4.69, 9.17) is 0 Å². The number of rotatable bonds is 6. The zero-order valence-electron chi connectivity index (χ0n) is 16.8. The van der Waals surface area contributed by atoms with E-state index in [1.807, 2.05) is 24.0 Å². The van der Waals surface area contributed by atoms with Gasteiger partial charge in [-0.25, -0.2) is 8.42 Å². The van der Waals surface area contributed by atoms with Crippen LogP contribution in [-0.4, -0.2) is 31.3 Å². The fourth-order valence-corrected chi connectivity index (χ4v) is 5.23. The third kappa shape index (κ3) is 4.64. The highest BCUT2D eigenvalue weighted by molar-refractivity contribution is 7.92. The number of hydrogen-bond donors (Lipinski definition) is 1. The van der Waals surface area contributed by atoms with Gasteiger partial charge in [0.25, 0.3) is 15.9 Å². The van der Waals surface area contributed by atoms with Crippen molar-refractivity contribution in [1.29, 1.82) is 0 Å². The molecule has 6 heteroatoms. The number of anilines is 1. The first-order chi connectivity index (χ1) is 13.9. The Hall–Kier alpha value is -2.34. The minimum Gasteiger partial charge on any atom is -0.333 e. The Kier molecular flexibility index (Phi) is 5.63. The van der Waals surface area contributed by atoms with Crippen molar-refractivity contribution in [2.45, 2.75) is 68.8 Å². The fourth-order valence-electron chi connectivity index (χ4n) is 4.12. The SMILES string of the molecule is Cc1ccc(NS(=O)(=O)c2cccc(C(=O)N(C3CCCCC3)C3CC3)c2)cc1. The normalized spacial score (nSPS) is 17.7. The van der Waals surface area contributed by atoms with Crippen LogP contribution in [0.4, 0.5) is 5.69 Å². The van der Waals surface area contributed by atoms with Crippen molar-refractivity contribution in [1.82, 2.24) is 4.90 Å². The summed E-state index contributed by atoms with van der Waals surface area (Å²) < 4.78 is 28.3. The van der Waals surface area contributed by atoms with E-state index in [2.05, 4.69) is 4.72 Å². The average molecular weight is 413 g/mol. The van der Waals surface area contributed by atoms with Gasteiger partial charge in [-0.15, -0.1) is 0 Å². The molecule has 0 aromatic heterocycles. The first kappa shape index (κ1) is 20.0. The van der Waals surface area contributed by atoms with Crippen LogP contribution in [0.2, 0.25) is 0 Å². The molecule has 154 valence electrons. The van der Waals surface area contributed by atoms with E-state index in [0.717, 1.165) is 44.1 Å². The van der Waals surface area contributed by atoms with Gasteiger partial charge in [-0.3, -0.25) is 9.52 Å². The molecule has 2 fully saturated rings. The van der Waals surface area contributed by atoms with E-state index >= 15 is 0 Å². The van der Waals surface area contributed by atoms with Gasteiger partial charge in [-0.05, 0) is 62.9 Å². The van der Waals surface area contributed by atoms with Crippen molar-refractivity contribution >= 4 is 21.6 Å². The summed E-state index contributed by atoms with van der Waals surface area (Å²) >= 11 is 0. The molecule has 2 aromatic rings. The van der Waals surface area contributed by atoms with E-state index in [0.29, 0.717) is 17.3 Å². The van der Waals surface area contributed by atoms with Crippen LogP contribution in [0.1, 0.15) is 60.9 Å². The summed E-state index contributed by atoms with van der Waals surface area (Å²) in [4.78, 5) is 15.5. The maximum atomic E-state index is 13.3. The number of amides is 1. The molecule has 2 saturated carbocycles. The van der Waals surface area contributed by atoms with Gasteiger partial charge in [0.05, 0.1) is 4.90 Å². The number of aryl methyl sites for hydroxylation is 1. The van der Waals surface area contributed by atoms with Gasteiger partial charge in [0, 0.05) is 23.3 Å². The third-order valence-corrected chi connectivity index (χ3v) is 7.22. The number of nitrogens with one attached hydrogen (secondary N) is 1. The smallest absolute Gasteiger partial charge is 0.261 e. The minimum absolute atomic E-state index is 0.0354. The van der Waals surface area contributed by atoms with Crippen molar-refractivity contribution in [2.24, 2.45) is 0 Å². The van der Waals surface area contributed by atoms with E-state index in [1.54, 1.807) is 24.3 Å². The third-order valence-electron chi connectivity index (χ3n) is 5.84. The van der Waals surface area contributed by atoms with Gasteiger partial charge in [0.15, 0.2) is 0 Å².